The van der Waals surface area contributed by atoms with Crippen molar-refractivity contribution in [1.82, 2.24) is 9.80 Å². The van der Waals surface area contributed by atoms with E-state index in [2.05, 4.69) is 56.5 Å². The molecule has 0 aromatic heterocycles. The lowest BCUT2D eigenvalue weighted by atomic mass is 10.0. The molecule has 4 rings (SSSR count). The smallest absolute Gasteiger partial charge is 0.240 e. The average Bonchev–Trinajstić information content (AvgIpc) is 2.88. The van der Waals surface area contributed by atoms with Gasteiger partial charge in [-0.05, 0) is 59.9 Å². The summed E-state index contributed by atoms with van der Waals surface area (Å²) in [6, 6.07) is 22.1. The van der Waals surface area contributed by atoms with Crippen LogP contribution in [0.25, 0.3) is 0 Å². The number of nitrogens with two attached hydrogens (primary N) is 1. The van der Waals surface area contributed by atoms with E-state index in [9.17, 15) is 9.18 Å². The van der Waals surface area contributed by atoms with Gasteiger partial charge >= 0.3 is 0 Å². The van der Waals surface area contributed by atoms with Crippen LogP contribution in [0.5, 0.6) is 0 Å². The lowest BCUT2D eigenvalue weighted by Gasteiger charge is -2.29. The molecule has 0 aliphatic carbocycles. The maximum atomic E-state index is 13.7. The topological polar surface area (TPSA) is 61.6 Å². The molecular formula is C28H33BrClFN4O. The van der Waals surface area contributed by atoms with E-state index < -0.39 is 6.04 Å². The molecule has 36 heavy (non-hydrogen) atoms. The first kappa shape index (κ1) is 28.1. The Balaban J connectivity index is 0.00000361. The van der Waals surface area contributed by atoms with E-state index in [1.54, 1.807) is 12.1 Å². The molecule has 1 aliphatic rings. The van der Waals surface area contributed by atoms with Crippen LogP contribution < -0.4 is 11.1 Å². The van der Waals surface area contributed by atoms with E-state index in [1.165, 1.54) is 17.7 Å². The Hall–Kier alpha value is -2.45. The molecule has 1 amide bonds. The van der Waals surface area contributed by atoms with Crippen LogP contribution in [0.3, 0.4) is 0 Å². The minimum atomic E-state index is -0.743. The van der Waals surface area contributed by atoms with Gasteiger partial charge < -0.3 is 16.0 Å². The first-order valence-electron chi connectivity index (χ1n) is 12.1. The summed E-state index contributed by atoms with van der Waals surface area (Å²) >= 11 is 3.57. The van der Waals surface area contributed by atoms with Crippen LogP contribution in [0.1, 0.15) is 23.1 Å². The molecule has 0 saturated carbocycles. The van der Waals surface area contributed by atoms with Crippen molar-refractivity contribution in [3.63, 3.8) is 0 Å². The third kappa shape index (κ3) is 8.03. The summed E-state index contributed by atoms with van der Waals surface area (Å²) in [4.78, 5) is 17.8. The molecule has 0 saturated heterocycles. The Morgan fingerprint density at radius 2 is 1.78 bits per heavy atom. The van der Waals surface area contributed by atoms with Gasteiger partial charge in [-0.2, -0.15) is 0 Å². The predicted molar refractivity (Wildman–Crippen MR) is 150 cm³/mol. The first-order chi connectivity index (χ1) is 17.0. The Kier molecular flexibility index (Phi) is 10.7. The summed E-state index contributed by atoms with van der Waals surface area (Å²) in [5.41, 5.74) is 10.4. The van der Waals surface area contributed by atoms with Gasteiger partial charge in [0.2, 0.25) is 5.91 Å². The Morgan fingerprint density at radius 3 is 2.56 bits per heavy atom. The van der Waals surface area contributed by atoms with Crippen molar-refractivity contribution >= 4 is 39.9 Å². The van der Waals surface area contributed by atoms with Gasteiger partial charge in [-0.1, -0.05) is 58.4 Å². The zero-order chi connectivity index (χ0) is 24.6. The molecule has 1 aliphatic heterocycles. The molecule has 192 valence electrons. The average molecular weight is 576 g/mol. The van der Waals surface area contributed by atoms with Gasteiger partial charge in [0.1, 0.15) is 5.82 Å². The minimum absolute atomic E-state index is 0. The molecule has 3 aromatic carbocycles. The van der Waals surface area contributed by atoms with E-state index in [-0.39, 0.29) is 24.1 Å². The number of carbonyl (C=O) groups is 1. The summed E-state index contributed by atoms with van der Waals surface area (Å²) in [6.45, 7) is 4.37. The zero-order valence-corrected chi connectivity index (χ0v) is 22.6. The fourth-order valence-electron chi connectivity index (χ4n) is 4.48. The number of amides is 1. The fraction of sp³-hybridized carbons (Fsp3) is 0.321. The van der Waals surface area contributed by atoms with Crippen LogP contribution in [-0.4, -0.2) is 47.9 Å². The molecule has 0 spiro atoms. The monoisotopic (exact) mass is 574 g/mol. The number of anilines is 1. The number of fused-ring (bicyclic) bond motifs is 1. The highest BCUT2D eigenvalue weighted by atomic mass is 79.9. The predicted octanol–water partition coefficient (Wildman–Crippen LogP) is 5.23. The zero-order valence-electron chi connectivity index (χ0n) is 20.2. The number of nitrogens with zero attached hydrogens (tertiary/aromatic N) is 2. The van der Waals surface area contributed by atoms with E-state index in [0.717, 1.165) is 53.9 Å². The Labute approximate surface area is 227 Å². The van der Waals surface area contributed by atoms with Crippen molar-refractivity contribution in [3.05, 3.63) is 99.8 Å². The van der Waals surface area contributed by atoms with Gasteiger partial charge in [-0.15, -0.1) is 12.4 Å². The van der Waals surface area contributed by atoms with Crippen LogP contribution >= 0.6 is 28.3 Å². The molecule has 0 unspecified atom stereocenters. The molecule has 0 bridgehead atoms. The molecule has 0 fully saturated rings. The fourth-order valence-corrected chi connectivity index (χ4v) is 4.89. The van der Waals surface area contributed by atoms with Gasteiger partial charge in [0.25, 0.3) is 0 Å². The highest BCUT2D eigenvalue weighted by molar-refractivity contribution is 9.10. The molecule has 8 heteroatoms. The van der Waals surface area contributed by atoms with Crippen LogP contribution in [0.15, 0.2) is 77.3 Å². The maximum absolute atomic E-state index is 13.7. The number of rotatable bonds is 5. The van der Waals surface area contributed by atoms with E-state index in [4.69, 9.17) is 5.73 Å². The molecule has 0 radical (unpaired) electrons. The summed E-state index contributed by atoms with van der Waals surface area (Å²) < 4.78 is 14.6. The SMILES string of the molecule is Cl.N[C@@H](Cc1cccc(F)c1)C(=O)N1CCN(Cc2ccccc2)CCCNc2ccc(Br)cc2C1. The second kappa shape index (κ2) is 13.7. The van der Waals surface area contributed by atoms with Crippen molar-refractivity contribution in [2.75, 3.05) is 31.5 Å². The van der Waals surface area contributed by atoms with E-state index in [0.29, 0.717) is 19.5 Å². The Morgan fingerprint density at radius 1 is 1.00 bits per heavy atom. The number of carbonyl (C=O) groups excluding carboxylic acids is 1. The second-order valence-electron chi connectivity index (χ2n) is 9.04. The molecule has 5 nitrogen and oxygen atoms in total. The van der Waals surface area contributed by atoms with Crippen LogP contribution in [-0.2, 0) is 24.3 Å². The quantitative estimate of drug-likeness (QED) is 0.438. The molecular weight excluding hydrogens is 543 g/mol. The van der Waals surface area contributed by atoms with Gasteiger partial charge in [-0.25, -0.2) is 4.39 Å². The van der Waals surface area contributed by atoms with E-state index >= 15 is 0 Å². The standard InChI is InChI=1S/C28H32BrFN4O.ClH/c29-24-10-11-27-23(18-24)20-34(28(35)26(31)17-22-8-4-9-25(30)16-22)15-14-33(13-5-12-32-27)19-21-6-2-1-3-7-21;/h1-4,6-11,16,18,26,32H,5,12-15,17,19-20,31H2;1H/t26-;/m0./s1. The molecule has 1 atom stereocenters. The van der Waals surface area contributed by atoms with Crippen molar-refractivity contribution in [2.45, 2.75) is 32.0 Å². The molecule has 3 aromatic rings. The second-order valence-corrected chi connectivity index (χ2v) is 9.96. The first-order valence-corrected chi connectivity index (χ1v) is 12.8. The van der Waals surface area contributed by atoms with Crippen LogP contribution in [0.2, 0.25) is 0 Å². The maximum Gasteiger partial charge on any atom is 0.240 e. The lowest BCUT2D eigenvalue weighted by Crippen LogP contribution is -2.47. The largest absolute Gasteiger partial charge is 0.385 e. The van der Waals surface area contributed by atoms with Crippen molar-refractivity contribution in [1.29, 1.82) is 0 Å². The minimum Gasteiger partial charge on any atom is -0.385 e. The molecule has 3 N–H and O–H groups in total. The summed E-state index contributed by atoms with van der Waals surface area (Å²) in [5, 5.41) is 3.55. The summed E-state index contributed by atoms with van der Waals surface area (Å²) in [7, 11) is 0. The van der Waals surface area contributed by atoms with Gasteiger partial charge in [0, 0.05) is 49.4 Å². The lowest BCUT2D eigenvalue weighted by molar-refractivity contribution is -0.133. The van der Waals surface area contributed by atoms with Gasteiger partial charge in [0.15, 0.2) is 0 Å². The normalized spacial score (nSPS) is 15.6. The highest BCUT2D eigenvalue weighted by Crippen LogP contribution is 2.24. The number of benzene rings is 3. The van der Waals surface area contributed by atoms with Crippen molar-refractivity contribution < 1.29 is 9.18 Å². The number of hydrogen-bond acceptors (Lipinski definition) is 4. The third-order valence-electron chi connectivity index (χ3n) is 6.30. The van der Waals surface area contributed by atoms with Gasteiger partial charge in [-0.3, -0.25) is 9.69 Å². The molecule has 1 heterocycles. The van der Waals surface area contributed by atoms with Crippen molar-refractivity contribution in [3.8, 4) is 0 Å². The Bertz CT molecular complexity index is 1130. The van der Waals surface area contributed by atoms with Crippen LogP contribution in [0.4, 0.5) is 10.1 Å². The number of halogens is 3. The summed E-state index contributed by atoms with van der Waals surface area (Å²) in [5.74, 6) is -0.446. The highest BCUT2D eigenvalue weighted by Gasteiger charge is 2.24. The van der Waals surface area contributed by atoms with Crippen molar-refractivity contribution in [2.24, 2.45) is 5.73 Å². The summed E-state index contributed by atoms with van der Waals surface area (Å²) in [6.07, 6.45) is 1.29. The number of hydrogen-bond donors (Lipinski definition) is 2. The van der Waals surface area contributed by atoms with Gasteiger partial charge in [0.05, 0.1) is 6.04 Å². The van der Waals surface area contributed by atoms with Crippen LogP contribution in [0, 0.1) is 5.82 Å². The third-order valence-corrected chi connectivity index (χ3v) is 6.80. The number of nitrogens with one attached hydrogen (secondary N) is 1. The van der Waals surface area contributed by atoms with E-state index in [1.807, 2.05) is 23.1 Å².